The van der Waals surface area contributed by atoms with Gasteiger partial charge in [0, 0.05) is 32.2 Å². The van der Waals surface area contributed by atoms with Crippen LogP contribution in [0.1, 0.15) is 20.8 Å². The second kappa shape index (κ2) is 8.13. The lowest BCUT2D eigenvalue weighted by Gasteiger charge is -2.35. The number of carbonyl (C=O) groups is 1. The van der Waals surface area contributed by atoms with Gasteiger partial charge in [-0.2, -0.15) is 4.31 Å². The van der Waals surface area contributed by atoms with Crippen molar-refractivity contribution in [2.24, 2.45) is 0 Å². The lowest BCUT2D eigenvalue weighted by molar-refractivity contribution is -0.387. The van der Waals surface area contributed by atoms with Gasteiger partial charge in [0.25, 0.3) is 5.69 Å². The summed E-state index contributed by atoms with van der Waals surface area (Å²) in [5, 5.41) is 9.21. The summed E-state index contributed by atoms with van der Waals surface area (Å²) in [6.45, 7) is 4.19. The molecule has 1 atom stereocenters. The molecule has 1 unspecified atom stereocenters. The van der Waals surface area contributed by atoms with Crippen molar-refractivity contribution in [2.75, 3.05) is 26.2 Å². The van der Waals surface area contributed by atoms with Gasteiger partial charge in [0.1, 0.15) is 5.25 Å². The van der Waals surface area contributed by atoms with Crippen molar-refractivity contribution in [1.29, 1.82) is 0 Å². The zero-order valence-corrected chi connectivity index (χ0v) is 17.4. The van der Waals surface area contributed by atoms with Crippen molar-refractivity contribution in [3.8, 4) is 0 Å². The molecule has 1 saturated heterocycles. The molecule has 156 valence electrons. The number of sulfonamides is 1. The van der Waals surface area contributed by atoms with E-state index < -0.39 is 51.8 Å². The number of sulfone groups is 1. The highest BCUT2D eigenvalue weighted by Crippen LogP contribution is 2.27. The zero-order valence-electron chi connectivity index (χ0n) is 15.8. The Balaban J connectivity index is 2.16. The molecule has 1 heterocycles. The Morgan fingerprint density at radius 3 is 2.07 bits per heavy atom. The number of nitro benzene ring substituents is 1. The Bertz CT molecular complexity index is 966. The van der Waals surface area contributed by atoms with E-state index in [-0.39, 0.29) is 26.2 Å². The fraction of sp³-hybridized carbons (Fsp3) is 0.562. The summed E-state index contributed by atoms with van der Waals surface area (Å²) in [5.41, 5.74) is -0.516. The number of piperazine rings is 1. The first kappa shape index (κ1) is 22.2. The number of rotatable bonds is 6. The van der Waals surface area contributed by atoms with Crippen molar-refractivity contribution in [2.45, 2.75) is 36.2 Å². The standard InChI is InChI=1S/C16H23N3O7S2/c1-12(2)27(23,24)13(3)16(20)17-8-10-18(11-9-17)28(25,26)15-7-5-4-6-14(15)19(21)22/h4-7,12-13H,8-11H2,1-3H3. The van der Waals surface area contributed by atoms with Crippen LogP contribution in [0.25, 0.3) is 0 Å². The van der Waals surface area contributed by atoms with E-state index in [9.17, 15) is 31.7 Å². The average molecular weight is 434 g/mol. The number of amides is 1. The minimum Gasteiger partial charge on any atom is -0.339 e. The van der Waals surface area contributed by atoms with Crippen LogP contribution in [0, 0.1) is 10.1 Å². The van der Waals surface area contributed by atoms with Crippen LogP contribution >= 0.6 is 0 Å². The fourth-order valence-electron chi connectivity index (χ4n) is 2.92. The van der Waals surface area contributed by atoms with E-state index in [1.165, 1.54) is 43.9 Å². The predicted molar refractivity (Wildman–Crippen MR) is 102 cm³/mol. The predicted octanol–water partition coefficient (Wildman–Crippen LogP) is 0.639. The molecule has 28 heavy (non-hydrogen) atoms. The summed E-state index contributed by atoms with van der Waals surface area (Å²) >= 11 is 0. The molecule has 1 aliphatic heterocycles. The minimum atomic E-state index is -4.11. The van der Waals surface area contributed by atoms with Gasteiger partial charge in [-0.25, -0.2) is 16.8 Å². The molecule has 1 aromatic rings. The summed E-state index contributed by atoms with van der Waals surface area (Å²) in [7, 11) is -7.74. The summed E-state index contributed by atoms with van der Waals surface area (Å²) in [6.07, 6.45) is 0. The van der Waals surface area contributed by atoms with E-state index in [4.69, 9.17) is 0 Å². The second-order valence-electron chi connectivity index (χ2n) is 6.73. The summed E-state index contributed by atoms with van der Waals surface area (Å²) in [4.78, 5) is 23.8. The maximum atomic E-state index is 12.8. The van der Waals surface area contributed by atoms with Gasteiger partial charge in [-0.1, -0.05) is 12.1 Å². The van der Waals surface area contributed by atoms with Crippen molar-refractivity contribution >= 4 is 31.5 Å². The smallest absolute Gasteiger partial charge is 0.289 e. The van der Waals surface area contributed by atoms with Gasteiger partial charge in [-0.15, -0.1) is 0 Å². The van der Waals surface area contributed by atoms with Crippen LogP contribution < -0.4 is 0 Å². The van der Waals surface area contributed by atoms with Crippen molar-refractivity contribution in [3.63, 3.8) is 0 Å². The number of para-hydroxylation sites is 1. The largest absolute Gasteiger partial charge is 0.339 e. The van der Waals surface area contributed by atoms with Gasteiger partial charge in [0.15, 0.2) is 14.7 Å². The molecule has 12 heteroatoms. The van der Waals surface area contributed by atoms with Crippen LogP contribution in [0.3, 0.4) is 0 Å². The number of hydrogen-bond acceptors (Lipinski definition) is 7. The van der Waals surface area contributed by atoms with Crippen LogP contribution in [0.4, 0.5) is 5.69 Å². The molecule has 0 radical (unpaired) electrons. The molecule has 2 rings (SSSR count). The molecule has 1 fully saturated rings. The first-order chi connectivity index (χ1) is 12.9. The molecule has 1 aromatic carbocycles. The van der Waals surface area contributed by atoms with E-state index in [0.29, 0.717) is 0 Å². The van der Waals surface area contributed by atoms with E-state index >= 15 is 0 Å². The van der Waals surface area contributed by atoms with Gasteiger partial charge >= 0.3 is 0 Å². The fourth-order valence-corrected chi connectivity index (χ4v) is 5.75. The third-order valence-corrected chi connectivity index (χ3v) is 9.18. The van der Waals surface area contributed by atoms with Crippen LogP contribution in [-0.2, 0) is 24.7 Å². The van der Waals surface area contributed by atoms with Crippen LogP contribution in [0.15, 0.2) is 29.2 Å². The average Bonchev–Trinajstić information content (AvgIpc) is 2.66. The maximum absolute atomic E-state index is 12.8. The summed E-state index contributed by atoms with van der Waals surface area (Å²) in [6, 6.07) is 5.07. The zero-order chi connectivity index (χ0) is 21.3. The third-order valence-electron chi connectivity index (χ3n) is 4.73. The van der Waals surface area contributed by atoms with E-state index in [2.05, 4.69) is 0 Å². The molecule has 1 amide bonds. The van der Waals surface area contributed by atoms with Gasteiger partial charge in [0.05, 0.1) is 10.2 Å². The Hall–Kier alpha value is -2.05. The summed E-state index contributed by atoms with van der Waals surface area (Å²) < 4.78 is 51.1. The molecule has 1 aliphatic rings. The lowest BCUT2D eigenvalue weighted by Crippen LogP contribution is -2.53. The molecule has 0 aromatic heterocycles. The first-order valence-corrected chi connectivity index (χ1v) is 11.7. The quantitative estimate of drug-likeness (QED) is 0.474. The number of hydrogen-bond donors (Lipinski definition) is 0. The summed E-state index contributed by atoms with van der Waals surface area (Å²) in [5.74, 6) is -0.573. The topological polar surface area (TPSA) is 135 Å². The van der Waals surface area contributed by atoms with Gasteiger partial charge < -0.3 is 4.90 Å². The second-order valence-corrected chi connectivity index (χ2v) is 11.5. The molecule has 0 N–H and O–H groups in total. The molecular weight excluding hydrogens is 410 g/mol. The minimum absolute atomic E-state index is 0.0106. The molecule has 0 saturated carbocycles. The van der Waals surface area contributed by atoms with Gasteiger partial charge in [-0.3, -0.25) is 14.9 Å². The Morgan fingerprint density at radius 2 is 1.57 bits per heavy atom. The SMILES string of the molecule is CC(C)S(=O)(=O)C(C)C(=O)N1CCN(S(=O)(=O)c2ccccc2[N+](=O)[O-])CC1. The Kier molecular flexibility index (Phi) is 6.46. The lowest BCUT2D eigenvalue weighted by atomic mass is 10.3. The third kappa shape index (κ3) is 4.18. The molecule has 10 nitrogen and oxygen atoms in total. The molecule has 0 aliphatic carbocycles. The molecular formula is C16H23N3O7S2. The van der Waals surface area contributed by atoms with E-state index in [1.807, 2.05) is 0 Å². The first-order valence-electron chi connectivity index (χ1n) is 8.65. The maximum Gasteiger partial charge on any atom is 0.289 e. The Morgan fingerprint density at radius 1 is 1.04 bits per heavy atom. The number of carbonyl (C=O) groups excluding carboxylic acids is 1. The highest BCUT2D eigenvalue weighted by atomic mass is 32.2. The van der Waals surface area contributed by atoms with E-state index in [0.717, 1.165) is 10.4 Å². The van der Waals surface area contributed by atoms with Crippen molar-refractivity contribution in [1.82, 2.24) is 9.21 Å². The van der Waals surface area contributed by atoms with Crippen molar-refractivity contribution in [3.05, 3.63) is 34.4 Å². The molecule has 0 bridgehead atoms. The van der Waals surface area contributed by atoms with Crippen LogP contribution in [-0.4, -0.2) is 73.6 Å². The number of nitrogens with zero attached hydrogens (tertiary/aromatic N) is 3. The van der Waals surface area contributed by atoms with Gasteiger partial charge in [0.2, 0.25) is 15.9 Å². The van der Waals surface area contributed by atoms with Crippen LogP contribution in [0.2, 0.25) is 0 Å². The number of nitro groups is 1. The Labute approximate surface area is 164 Å². The van der Waals surface area contributed by atoms with Gasteiger partial charge in [-0.05, 0) is 26.8 Å². The monoisotopic (exact) mass is 433 g/mol. The van der Waals surface area contributed by atoms with Crippen LogP contribution in [0.5, 0.6) is 0 Å². The van der Waals surface area contributed by atoms with E-state index in [1.54, 1.807) is 0 Å². The molecule has 0 spiro atoms. The highest BCUT2D eigenvalue weighted by Gasteiger charge is 2.38. The van der Waals surface area contributed by atoms with Crippen molar-refractivity contribution < 1.29 is 26.6 Å². The number of benzene rings is 1. The normalized spacial score (nSPS) is 17.5. The highest BCUT2D eigenvalue weighted by molar-refractivity contribution is 7.93.